The highest BCUT2D eigenvalue weighted by Gasteiger charge is 2.43. The topological polar surface area (TPSA) is 46.5 Å². The second kappa shape index (κ2) is 4.88. The largest absolute Gasteiger partial charge is 0.494 e. The van der Waals surface area contributed by atoms with Crippen molar-refractivity contribution in [3.8, 4) is 5.75 Å². The van der Waals surface area contributed by atoms with E-state index in [0.29, 0.717) is 18.4 Å². The first-order valence-corrected chi connectivity index (χ1v) is 6.57. The quantitative estimate of drug-likeness (QED) is 0.928. The van der Waals surface area contributed by atoms with Crippen LogP contribution in [0.15, 0.2) is 16.6 Å². The Balaban J connectivity index is 2.56. The van der Waals surface area contributed by atoms with E-state index in [2.05, 4.69) is 15.9 Å². The molecule has 1 N–H and O–H groups in total. The van der Waals surface area contributed by atoms with Crippen molar-refractivity contribution in [3.63, 3.8) is 0 Å². The minimum Gasteiger partial charge on any atom is -0.494 e. The van der Waals surface area contributed by atoms with Gasteiger partial charge in [-0.25, -0.2) is 4.39 Å². The highest BCUT2D eigenvalue weighted by atomic mass is 79.9. The van der Waals surface area contributed by atoms with Gasteiger partial charge in [0.25, 0.3) is 0 Å². The fourth-order valence-corrected chi connectivity index (χ4v) is 3.04. The minimum atomic E-state index is -0.899. The third-order valence-electron chi connectivity index (χ3n) is 3.63. The van der Waals surface area contributed by atoms with Gasteiger partial charge < -0.3 is 9.84 Å². The Kier molecular flexibility index (Phi) is 3.61. The summed E-state index contributed by atoms with van der Waals surface area (Å²) in [6, 6.07) is 3.05. The van der Waals surface area contributed by atoms with Crippen molar-refractivity contribution < 1.29 is 19.0 Å². The lowest BCUT2D eigenvalue weighted by molar-refractivity contribution is -0.143. The Morgan fingerprint density at radius 1 is 1.44 bits per heavy atom. The van der Waals surface area contributed by atoms with Gasteiger partial charge in [0.15, 0.2) is 11.6 Å². The number of carboxylic acids is 1. The average Bonchev–Trinajstić information content (AvgIpc) is 2.83. The lowest BCUT2D eigenvalue weighted by atomic mass is 9.79. The summed E-state index contributed by atoms with van der Waals surface area (Å²) in [6.45, 7) is 0. The molecule has 0 aliphatic heterocycles. The normalized spacial score (nSPS) is 17.7. The number of carboxylic acid groups (broad SMARTS) is 1. The molecule has 0 amide bonds. The molecule has 1 aromatic rings. The third kappa shape index (κ3) is 2.00. The lowest BCUT2D eigenvalue weighted by Crippen LogP contribution is -2.32. The zero-order chi connectivity index (χ0) is 13.3. The van der Waals surface area contributed by atoms with Gasteiger partial charge in [-0.05, 0) is 46.5 Å². The molecular formula is C13H14BrFO3. The number of rotatable bonds is 3. The van der Waals surface area contributed by atoms with Crippen molar-refractivity contribution in [2.45, 2.75) is 31.1 Å². The zero-order valence-corrected chi connectivity index (χ0v) is 11.6. The van der Waals surface area contributed by atoms with Gasteiger partial charge in [0.05, 0.1) is 17.0 Å². The molecule has 0 bridgehead atoms. The molecule has 18 heavy (non-hydrogen) atoms. The molecule has 0 atom stereocenters. The number of halogens is 2. The van der Waals surface area contributed by atoms with Gasteiger partial charge in [0.2, 0.25) is 0 Å². The van der Waals surface area contributed by atoms with Gasteiger partial charge in [0.1, 0.15) is 0 Å². The van der Waals surface area contributed by atoms with Crippen molar-refractivity contribution in [1.29, 1.82) is 0 Å². The van der Waals surface area contributed by atoms with E-state index >= 15 is 0 Å². The standard InChI is InChI=1S/C13H14BrFO3/c1-18-10-7-8(6-9(14)11(10)15)13(12(16)17)4-2-3-5-13/h6-7H,2-5H2,1H3,(H,16,17). The van der Waals surface area contributed by atoms with Crippen LogP contribution in [0.2, 0.25) is 0 Å². The minimum absolute atomic E-state index is 0.0758. The first kappa shape index (κ1) is 13.3. The van der Waals surface area contributed by atoms with Crippen LogP contribution in [0.25, 0.3) is 0 Å². The zero-order valence-electron chi connectivity index (χ0n) is 10.0. The van der Waals surface area contributed by atoms with Crippen LogP contribution in [-0.2, 0) is 10.2 Å². The molecule has 2 rings (SSSR count). The second-order valence-electron chi connectivity index (χ2n) is 4.57. The maximum atomic E-state index is 13.7. The first-order chi connectivity index (χ1) is 8.51. The fourth-order valence-electron chi connectivity index (χ4n) is 2.59. The van der Waals surface area contributed by atoms with Crippen LogP contribution in [0, 0.1) is 5.82 Å². The Labute approximate surface area is 113 Å². The number of ether oxygens (including phenoxy) is 1. The van der Waals surface area contributed by atoms with E-state index in [1.54, 1.807) is 6.07 Å². The number of benzene rings is 1. The number of carbonyl (C=O) groups is 1. The van der Waals surface area contributed by atoms with Crippen LogP contribution >= 0.6 is 15.9 Å². The highest BCUT2D eigenvalue weighted by Crippen LogP contribution is 2.44. The van der Waals surface area contributed by atoms with Crippen LogP contribution in [0.1, 0.15) is 31.2 Å². The van der Waals surface area contributed by atoms with E-state index in [-0.39, 0.29) is 10.2 Å². The van der Waals surface area contributed by atoms with Gasteiger partial charge in [-0.3, -0.25) is 4.79 Å². The smallest absolute Gasteiger partial charge is 0.314 e. The molecule has 0 heterocycles. The van der Waals surface area contributed by atoms with Crippen molar-refractivity contribution >= 4 is 21.9 Å². The van der Waals surface area contributed by atoms with Gasteiger partial charge in [0, 0.05) is 0 Å². The van der Waals surface area contributed by atoms with Crippen LogP contribution in [0.5, 0.6) is 5.75 Å². The number of methoxy groups -OCH3 is 1. The Morgan fingerprint density at radius 2 is 2.06 bits per heavy atom. The number of aliphatic carboxylic acids is 1. The highest BCUT2D eigenvalue weighted by molar-refractivity contribution is 9.10. The molecule has 98 valence electrons. The van der Waals surface area contributed by atoms with Crippen LogP contribution in [0.4, 0.5) is 4.39 Å². The number of hydrogen-bond donors (Lipinski definition) is 1. The summed E-state index contributed by atoms with van der Waals surface area (Å²) >= 11 is 3.11. The van der Waals surface area contributed by atoms with Crippen molar-refractivity contribution in [2.24, 2.45) is 0 Å². The Hall–Kier alpha value is -1.10. The van der Waals surface area contributed by atoms with E-state index in [1.165, 1.54) is 13.2 Å². The predicted octanol–water partition coefficient (Wildman–Crippen LogP) is 3.49. The Morgan fingerprint density at radius 3 is 2.56 bits per heavy atom. The summed E-state index contributed by atoms with van der Waals surface area (Å²) in [5.74, 6) is -1.27. The van der Waals surface area contributed by atoms with E-state index in [9.17, 15) is 14.3 Å². The van der Waals surface area contributed by atoms with Crippen molar-refractivity contribution in [3.05, 3.63) is 28.0 Å². The summed E-state index contributed by atoms with van der Waals surface area (Å²) in [7, 11) is 1.37. The second-order valence-corrected chi connectivity index (χ2v) is 5.42. The van der Waals surface area contributed by atoms with E-state index in [4.69, 9.17) is 4.74 Å². The molecule has 0 radical (unpaired) electrons. The van der Waals surface area contributed by atoms with Gasteiger partial charge >= 0.3 is 5.97 Å². The fraction of sp³-hybridized carbons (Fsp3) is 0.462. The van der Waals surface area contributed by atoms with Gasteiger partial charge in [-0.15, -0.1) is 0 Å². The molecule has 0 unspecified atom stereocenters. The van der Waals surface area contributed by atoms with Crippen molar-refractivity contribution in [2.75, 3.05) is 7.11 Å². The Bertz CT molecular complexity index is 481. The molecular weight excluding hydrogens is 303 g/mol. The summed E-state index contributed by atoms with van der Waals surface area (Å²) in [5, 5.41) is 9.49. The molecule has 3 nitrogen and oxygen atoms in total. The maximum Gasteiger partial charge on any atom is 0.314 e. The third-order valence-corrected chi connectivity index (χ3v) is 4.21. The predicted molar refractivity (Wildman–Crippen MR) is 68.4 cm³/mol. The van der Waals surface area contributed by atoms with Gasteiger partial charge in [-0.1, -0.05) is 12.8 Å². The van der Waals surface area contributed by atoms with Crippen LogP contribution in [0.3, 0.4) is 0 Å². The molecule has 5 heteroatoms. The molecule has 0 spiro atoms. The summed E-state index contributed by atoms with van der Waals surface area (Å²) < 4.78 is 18.9. The summed E-state index contributed by atoms with van der Waals surface area (Å²) in [5.41, 5.74) is -0.290. The monoisotopic (exact) mass is 316 g/mol. The SMILES string of the molecule is COc1cc(C2(C(=O)O)CCCC2)cc(Br)c1F. The molecule has 0 saturated heterocycles. The first-order valence-electron chi connectivity index (χ1n) is 5.78. The maximum absolute atomic E-state index is 13.7. The lowest BCUT2D eigenvalue weighted by Gasteiger charge is -2.25. The van der Waals surface area contributed by atoms with Crippen LogP contribution in [-0.4, -0.2) is 18.2 Å². The molecule has 1 fully saturated rings. The van der Waals surface area contributed by atoms with E-state index < -0.39 is 17.2 Å². The molecule has 1 aliphatic rings. The molecule has 0 aromatic heterocycles. The van der Waals surface area contributed by atoms with Gasteiger partial charge in [-0.2, -0.15) is 0 Å². The average molecular weight is 317 g/mol. The number of hydrogen-bond acceptors (Lipinski definition) is 2. The molecule has 1 saturated carbocycles. The molecule has 1 aromatic carbocycles. The summed E-state index contributed by atoms with van der Waals surface area (Å²) in [6.07, 6.45) is 2.93. The van der Waals surface area contributed by atoms with E-state index in [1.807, 2.05) is 0 Å². The van der Waals surface area contributed by atoms with Crippen LogP contribution < -0.4 is 4.74 Å². The molecule has 1 aliphatic carbocycles. The van der Waals surface area contributed by atoms with Crippen molar-refractivity contribution in [1.82, 2.24) is 0 Å². The van der Waals surface area contributed by atoms with E-state index in [0.717, 1.165) is 12.8 Å². The summed E-state index contributed by atoms with van der Waals surface area (Å²) in [4.78, 5) is 11.6.